The number of benzene rings is 1. The molecule has 19 heavy (non-hydrogen) atoms. The van der Waals surface area contributed by atoms with Crippen LogP contribution in [0.4, 0.5) is 0 Å². The van der Waals surface area contributed by atoms with E-state index in [4.69, 9.17) is 0 Å². The Bertz CT molecular complexity index is 342. The summed E-state index contributed by atoms with van der Waals surface area (Å²) in [5.41, 5.74) is 1.46. The first-order valence-corrected chi connectivity index (χ1v) is 8.80. The number of nitrogens with one attached hydrogen (secondary N) is 1. The molecule has 1 unspecified atom stereocenters. The number of hydrogen-bond donors (Lipinski definition) is 1. The first-order valence-electron chi connectivity index (χ1n) is 7.40. The fraction of sp³-hybridized carbons (Fsp3) is 0.625. The highest BCUT2D eigenvalue weighted by Gasteiger charge is 2.22. The highest BCUT2D eigenvalue weighted by atomic mass is 32.2. The van der Waals surface area contributed by atoms with Crippen LogP contribution < -0.4 is 5.32 Å². The van der Waals surface area contributed by atoms with E-state index >= 15 is 0 Å². The monoisotopic (exact) mass is 278 g/mol. The third kappa shape index (κ3) is 4.83. The summed E-state index contributed by atoms with van der Waals surface area (Å²) >= 11 is 1.96. The van der Waals surface area contributed by atoms with Gasteiger partial charge in [0.1, 0.15) is 0 Å². The molecule has 106 valence electrons. The van der Waals surface area contributed by atoms with Gasteiger partial charge in [0.25, 0.3) is 0 Å². The summed E-state index contributed by atoms with van der Waals surface area (Å²) < 4.78 is 0. The number of hydrogen-bond acceptors (Lipinski definition) is 3. The molecule has 1 fully saturated rings. The van der Waals surface area contributed by atoms with Crippen molar-refractivity contribution in [2.75, 3.05) is 38.2 Å². The van der Waals surface area contributed by atoms with Crippen molar-refractivity contribution in [2.45, 2.75) is 25.3 Å². The van der Waals surface area contributed by atoms with Crippen LogP contribution in [0.1, 0.15) is 30.9 Å². The number of piperazine rings is 1. The van der Waals surface area contributed by atoms with Gasteiger partial charge in [0, 0.05) is 25.7 Å². The van der Waals surface area contributed by atoms with Gasteiger partial charge in [-0.1, -0.05) is 36.8 Å². The molecular weight excluding hydrogens is 252 g/mol. The Morgan fingerprint density at radius 3 is 2.84 bits per heavy atom. The molecule has 1 aliphatic heterocycles. The van der Waals surface area contributed by atoms with Crippen molar-refractivity contribution >= 4 is 11.8 Å². The average molecular weight is 278 g/mol. The molecule has 0 aliphatic carbocycles. The van der Waals surface area contributed by atoms with E-state index in [9.17, 15) is 0 Å². The third-order valence-corrected chi connectivity index (χ3v) is 4.53. The maximum Gasteiger partial charge on any atom is 0.0473 e. The minimum absolute atomic E-state index is 0.565. The molecule has 2 rings (SSSR count). The molecule has 0 bridgehead atoms. The van der Waals surface area contributed by atoms with Gasteiger partial charge in [-0.25, -0.2) is 0 Å². The van der Waals surface area contributed by atoms with E-state index in [0.717, 1.165) is 13.1 Å². The molecule has 3 heteroatoms. The maximum atomic E-state index is 3.53. The van der Waals surface area contributed by atoms with Crippen LogP contribution in [-0.4, -0.2) is 43.1 Å². The molecule has 0 amide bonds. The lowest BCUT2D eigenvalue weighted by Crippen LogP contribution is -2.46. The summed E-state index contributed by atoms with van der Waals surface area (Å²) in [7, 11) is 0. The van der Waals surface area contributed by atoms with Crippen LogP contribution in [-0.2, 0) is 0 Å². The van der Waals surface area contributed by atoms with E-state index < -0.39 is 0 Å². The van der Waals surface area contributed by atoms with Crippen LogP contribution in [0, 0.1) is 0 Å². The van der Waals surface area contributed by atoms with Crippen molar-refractivity contribution in [3.63, 3.8) is 0 Å². The van der Waals surface area contributed by atoms with Crippen molar-refractivity contribution < 1.29 is 0 Å². The van der Waals surface area contributed by atoms with Gasteiger partial charge in [0.2, 0.25) is 0 Å². The van der Waals surface area contributed by atoms with Gasteiger partial charge in [-0.15, -0.1) is 0 Å². The Hall–Kier alpha value is -0.510. The van der Waals surface area contributed by atoms with Crippen LogP contribution in [0.5, 0.6) is 0 Å². The first-order chi connectivity index (χ1) is 9.42. The Kier molecular flexibility index (Phi) is 6.75. The topological polar surface area (TPSA) is 15.3 Å². The Balaban J connectivity index is 1.83. The second-order valence-corrected chi connectivity index (χ2v) is 6.21. The molecule has 0 radical (unpaired) electrons. The van der Waals surface area contributed by atoms with Gasteiger partial charge in [-0.3, -0.25) is 4.90 Å². The molecule has 2 nitrogen and oxygen atoms in total. The minimum atomic E-state index is 0.565. The fourth-order valence-electron chi connectivity index (χ4n) is 2.76. The number of rotatable bonds is 7. The fourth-order valence-corrected chi connectivity index (χ4v) is 3.25. The van der Waals surface area contributed by atoms with Crippen molar-refractivity contribution in [3.8, 4) is 0 Å². The lowest BCUT2D eigenvalue weighted by atomic mass is 10.0. The zero-order chi connectivity index (χ0) is 13.3. The molecule has 1 aromatic carbocycles. The molecular formula is C16H26N2S. The summed E-state index contributed by atoms with van der Waals surface area (Å²) in [4.78, 5) is 2.66. The third-order valence-electron chi connectivity index (χ3n) is 3.83. The maximum absolute atomic E-state index is 3.53. The summed E-state index contributed by atoms with van der Waals surface area (Å²) in [5, 5.41) is 3.53. The first kappa shape index (κ1) is 14.9. The number of nitrogens with zero attached hydrogens (tertiary/aromatic N) is 1. The largest absolute Gasteiger partial charge is 0.314 e. The van der Waals surface area contributed by atoms with E-state index in [1.807, 2.05) is 11.8 Å². The van der Waals surface area contributed by atoms with E-state index in [2.05, 4.69) is 46.8 Å². The Morgan fingerprint density at radius 1 is 1.21 bits per heavy atom. The molecule has 1 atom stereocenters. The lowest BCUT2D eigenvalue weighted by molar-refractivity contribution is 0.159. The molecule has 0 spiro atoms. The summed E-state index contributed by atoms with van der Waals surface area (Å²) in [5.74, 6) is 1.31. The molecule has 1 aromatic rings. The molecule has 0 aromatic heterocycles. The molecule has 1 N–H and O–H groups in total. The lowest BCUT2D eigenvalue weighted by Gasteiger charge is -2.36. The highest BCUT2D eigenvalue weighted by molar-refractivity contribution is 7.98. The zero-order valence-corrected chi connectivity index (χ0v) is 12.8. The molecule has 1 aliphatic rings. The van der Waals surface area contributed by atoms with E-state index in [0.29, 0.717) is 6.04 Å². The van der Waals surface area contributed by atoms with Gasteiger partial charge in [0.05, 0.1) is 0 Å². The zero-order valence-electron chi connectivity index (χ0n) is 12.0. The minimum Gasteiger partial charge on any atom is -0.314 e. The summed E-state index contributed by atoms with van der Waals surface area (Å²) in [6, 6.07) is 11.5. The Labute approximate surface area is 122 Å². The quantitative estimate of drug-likeness (QED) is 0.771. The van der Waals surface area contributed by atoms with Crippen molar-refractivity contribution in [1.29, 1.82) is 0 Å². The SMILES string of the molecule is CSCCCCCN1CCNCC1c1ccccc1. The van der Waals surface area contributed by atoms with Crippen molar-refractivity contribution in [2.24, 2.45) is 0 Å². The van der Waals surface area contributed by atoms with Crippen LogP contribution in [0.3, 0.4) is 0 Å². The van der Waals surface area contributed by atoms with Crippen molar-refractivity contribution in [3.05, 3.63) is 35.9 Å². The molecule has 1 heterocycles. The average Bonchev–Trinajstić information content (AvgIpc) is 2.48. The van der Waals surface area contributed by atoms with E-state index in [1.54, 1.807) is 0 Å². The number of unbranched alkanes of at least 4 members (excludes halogenated alkanes) is 2. The Morgan fingerprint density at radius 2 is 2.05 bits per heavy atom. The predicted molar refractivity (Wildman–Crippen MR) is 85.9 cm³/mol. The standard InChI is InChI=1S/C16H26N2S/c1-19-13-7-3-6-11-18-12-10-17-14-16(18)15-8-4-2-5-9-15/h2,4-5,8-9,16-17H,3,6-7,10-14H2,1H3. The summed E-state index contributed by atoms with van der Waals surface area (Å²) in [6.07, 6.45) is 6.27. The second-order valence-electron chi connectivity index (χ2n) is 5.22. The van der Waals surface area contributed by atoms with E-state index in [-0.39, 0.29) is 0 Å². The smallest absolute Gasteiger partial charge is 0.0473 e. The van der Waals surface area contributed by atoms with Crippen LogP contribution in [0.2, 0.25) is 0 Å². The normalized spacial score (nSPS) is 20.6. The van der Waals surface area contributed by atoms with Gasteiger partial charge in [-0.05, 0) is 37.0 Å². The van der Waals surface area contributed by atoms with Gasteiger partial charge in [0.15, 0.2) is 0 Å². The van der Waals surface area contributed by atoms with Gasteiger partial charge >= 0.3 is 0 Å². The van der Waals surface area contributed by atoms with E-state index in [1.165, 1.54) is 43.7 Å². The predicted octanol–water partition coefficient (Wildman–Crippen LogP) is 3.17. The van der Waals surface area contributed by atoms with Crippen LogP contribution in [0.15, 0.2) is 30.3 Å². The highest BCUT2D eigenvalue weighted by Crippen LogP contribution is 2.22. The van der Waals surface area contributed by atoms with Crippen molar-refractivity contribution in [1.82, 2.24) is 10.2 Å². The molecule has 0 saturated carbocycles. The molecule has 1 saturated heterocycles. The summed E-state index contributed by atoms with van der Waals surface area (Å²) in [6.45, 7) is 4.65. The van der Waals surface area contributed by atoms with Crippen LogP contribution >= 0.6 is 11.8 Å². The van der Waals surface area contributed by atoms with Crippen LogP contribution in [0.25, 0.3) is 0 Å². The van der Waals surface area contributed by atoms with Gasteiger partial charge in [-0.2, -0.15) is 11.8 Å². The number of thioether (sulfide) groups is 1. The second kappa shape index (κ2) is 8.62. The van der Waals surface area contributed by atoms with Gasteiger partial charge < -0.3 is 5.32 Å².